The Morgan fingerprint density at radius 3 is 2.60 bits per heavy atom. The van der Waals surface area contributed by atoms with E-state index in [2.05, 4.69) is 6.92 Å². The Balaban J connectivity index is 2.17. The van der Waals surface area contributed by atoms with E-state index in [0.29, 0.717) is 18.4 Å². The van der Waals surface area contributed by atoms with Gasteiger partial charge in [0.2, 0.25) is 0 Å². The van der Waals surface area contributed by atoms with Crippen molar-refractivity contribution >= 4 is 0 Å². The zero-order valence-corrected chi connectivity index (χ0v) is 6.55. The van der Waals surface area contributed by atoms with Crippen LogP contribution in [-0.2, 0) is 4.74 Å². The smallest absolute Gasteiger partial charge is 0.0519 e. The average Bonchev–Trinajstić information content (AvgIpc) is 1.83. The third-order valence-corrected chi connectivity index (χ3v) is 2.22. The fourth-order valence-corrected chi connectivity index (χ4v) is 1.37. The maximum Gasteiger partial charge on any atom is 0.0519 e. The van der Waals surface area contributed by atoms with E-state index in [1.807, 2.05) is 0 Å². The number of aliphatic hydroxyl groups excluding tert-OH is 1. The van der Waals surface area contributed by atoms with E-state index in [0.717, 1.165) is 19.6 Å². The van der Waals surface area contributed by atoms with E-state index in [1.54, 1.807) is 0 Å². The second-order valence-corrected chi connectivity index (χ2v) is 3.03. The molecular weight excluding hydrogens is 128 g/mol. The predicted octanol–water partition coefficient (Wildman–Crippen LogP) is 1.04. The zero-order chi connectivity index (χ0) is 7.40. The Bertz CT molecular complexity index is 89.3. The summed E-state index contributed by atoms with van der Waals surface area (Å²) < 4.78 is 5.05. The largest absolute Gasteiger partial charge is 0.396 e. The molecule has 1 fully saturated rings. The number of hydrogen-bond acceptors (Lipinski definition) is 2. The summed E-state index contributed by atoms with van der Waals surface area (Å²) in [6, 6.07) is 0. The Labute approximate surface area is 62.2 Å². The molecule has 1 rings (SSSR count). The Hall–Kier alpha value is -0.0800. The lowest BCUT2D eigenvalue weighted by Gasteiger charge is -2.32. The molecular formula is C8H16O2. The topological polar surface area (TPSA) is 29.5 Å². The molecule has 0 radical (unpaired) electrons. The highest BCUT2D eigenvalue weighted by Gasteiger charge is 2.26. The van der Waals surface area contributed by atoms with Gasteiger partial charge in [-0.15, -0.1) is 0 Å². The molecule has 10 heavy (non-hydrogen) atoms. The lowest BCUT2D eigenvalue weighted by molar-refractivity contribution is -0.0726. The van der Waals surface area contributed by atoms with Crippen LogP contribution >= 0.6 is 0 Å². The van der Waals surface area contributed by atoms with Gasteiger partial charge in [-0.3, -0.25) is 0 Å². The highest BCUT2D eigenvalue weighted by Crippen LogP contribution is 2.23. The molecule has 1 unspecified atom stereocenters. The zero-order valence-electron chi connectivity index (χ0n) is 6.55. The van der Waals surface area contributed by atoms with Crippen molar-refractivity contribution in [1.29, 1.82) is 0 Å². The maximum atomic E-state index is 8.94. The molecule has 2 heteroatoms. The van der Waals surface area contributed by atoms with Gasteiger partial charge in [-0.2, -0.15) is 0 Å². The monoisotopic (exact) mass is 144 g/mol. The minimum absolute atomic E-state index is 0.335. The summed E-state index contributed by atoms with van der Waals surface area (Å²) >= 11 is 0. The Morgan fingerprint density at radius 1 is 1.60 bits per heavy atom. The molecule has 1 N–H and O–H groups in total. The van der Waals surface area contributed by atoms with Crippen molar-refractivity contribution in [2.24, 2.45) is 11.8 Å². The highest BCUT2D eigenvalue weighted by molar-refractivity contribution is 4.73. The van der Waals surface area contributed by atoms with Crippen molar-refractivity contribution in [1.82, 2.24) is 0 Å². The van der Waals surface area contributed by atoms with Crippen molar-refractivity contribution in [3.63, 3.8) is 0 Å². The minimum atomic E-state index is 0.335. The van der Waals surface area contributed by atoms with Crippen LogP contribution in [0.25, 0.3) is 0 Å². The number of ether oxygens (including phenoxy) is 1. The molecule has 0 aromatic carbocycles. The normalized spacial score (nSPS) is 22.2. The first-order valence-electron chi connectivity index (χ1n) is 4.07. The molecule has 1 heterocycles. The average molecular weight is 144 g/mol. The molecule has 2 nitrogen and oxygen atoms in total. The van der Waals surface area contributed by atoms with E-state index < -0.39 is 0 Å². The molecule has 0 aromatic heterocycles. The molecule has 0 aromatic rings. The van der Waals surface area contributed by atoms with Crippen molar-refractivity contribution in [3.05, 3.63) is 0 Å². The van der Waals surface area contributed by atoms with Crippen LogP contribution in [0, 0.1) is 11.8 Å². The van der Waals surface area contributed by atoms with Crippen molar-refractivity contribution in [2.75, 3.05) is 19.8 Å². The van der Waals surface area contributed by atoms with Crippen molar-refractivity contribution in [3.8, 4) is 0 Å². The van der Waals surface area contributed by atoms with Crippen molar-refractivity contribution in [2.45, 2.75) is 19.8 Å². The number of aliphatic hydroxyl groups is 1. The van der Waals surface area contributed by atoms with Gasteiger partial charge in [0.05, 0.1) is 13.2 Å². The fraction of sp³-hybridized carbons (Fsp3) is 1.00. The van der Waals surface area contributed by atoms with Gasteiger partial charge in [-0.05, 0) is 12.3 Å². The lowest BCUT2D eigenvalue weighted by atomic mass is 9.88. The molecule has 0 amide bonds. The third-order valence-electron chi connectivity index (χ3n) is 2.22. The Morgan fingerprint density at radius 2 is 2.30 bits per heavy atom. The summed E-state index contributed by atoms with van der Waals surface area (Å²) in [5.41, 5.74) is 0. The molecule has 0 saturated carbocycles. The molecule has 1 aliphatic heterocycles. The summed E-state index contributed by atoms with van der Waals surface area (Å²) in [6.07, 6.45) is 2.31. The fourth-order valence-electron chi connectivity index (χ4n) is 1.37. The van der Waals surface area contributed by atoms with Gasteiger partial charge in [-0.25, -0.2) is 0 Å². The van der Waals surface area contributed by atoms with Gasteiger partial charge in [0.25, 0.3) is 0 Å². The first-order chi connectivity index (χ1) is 4.88. The second-order valence-electron chi connectivity index (χ2n) is 3.03. The molecule has 0 bridgehead atoms. The van der Waals surface area contributed by atoms with Gasteiger partial charge < -0.3 is 9.84 Å². The van der Waals surface area contributed by atoms with Gasteiger partial charge in [-0.1, -0.05) is 13.3 Å². The van der Waals surface area contributed by atoms with Crippen LogP contribution in [0.1, 0.15) is 19.8 Å². The quantitative estimate of drug-likeness (QED) is 0.639. The van der Waals surface area contributed by atoms with Crippen LogP contribution in [0.3, 0.4) is 0 Å². The van der Waals surface area contributed by atoms with Crippen LogP contribution < -0.4 is 0 Å². The predicted molar refractivity (Wildman–Crippen MR) is 39.8 cm³/mol. The molecule has 0 spiro atoms. The second kappa shape index (κ2) is 3.94. The number of hydrogen-bond donors (Lipinski definition) is 1. The SMILES string of the molecule is CCCC(CO)C1COC1. The highest BCUT2D eigenvalue weighted by atomic mass is 16.5. The van der Waals surface area contributed by atoms with Gasteiger partial charge in [0, 0.05) is 12.5 Å². The standard InChI is InChI=1S/C8H16O2/c1-2-3-7(4-9)8-5-10-6-8/h7-9H,2-6H2,1H3. The Kier molecular flexibility index (Phi) is 3.16. The molecule has 1 saturated heterocycles. The molecule has 1 aliphatic rings. The summed E-state index contributed by atoms with van der Waals surface area (Å²) in [5.74, 6) is 1.14. The first-order valence-corrected chi connectivity index (χ1v) is 4.07. The summed E-state index contributed by atoms with van der Waals surface area (Å²) in [7, 11) is 0. The van der Waals surface area contributed by atoms with E-state index >= 15 is 0 Å². The van der Waals surface area contributed by atoms with Crippen LogP contribution in [0.4, 0.5) is 0 Å². The maximum absolute atomic E-state index is 8.94. The molecule has 0 aliphatic carbocycles. The molecule has 1 atom stereocenters. The van der Waals surface area contributed by atoms with Gasteiger partial charge in [0.15, 0.2) is 0 Å². The van der Waals surface area contributed by atoms with Crippen LogP contribution in [-0.4, -0.2) is 24.9 Å². The lowest BCUT2D eigenvalue weighted by Crippen LogP contribution is -2.35. The van der Waals surface area contributed by atoms with E-state index in [9.17, 15) is 0 Å². The van der Waals surface area contributed by atoms with Crippen LogP contribution in [0.5, 0.6) is 0 Å². The van der Waals surface area contributed by atoms with Crippen LogP contribution in [0.15, 0.2) is 0 Å². The van der Waals surface area contributed by atoms with Gasteiger partial charge in [0.1, 0.15) is 0 Å². The van der Waals surface area contributed by atoms with Crippen LogP contribution in [0.2, 0.25) is 0 Å². The first kappa shape index (κ1) is 8.02. The summed E-state index contributed by atoms with van der Waals surface area (Å²) in [5, 5.41) is 8.94. The minimum Gasteiger partial charge on any atom is -0.396 e. The van der Waals surface area contributed by atoms with Gasteiger partial charge >= 0.3 is 0 Å². The summed E-state index contributed by atoms with van der Waals surface area (Å²) in [4.78, 5) is 0. The van der Waals surface area contributed by atoms with Crippen molar-refractivity contribution < 1.29 is 9.84 Å². The third kappa shape index (κ3) is 1.70. The molecule has 60 valence electrons. The van der Waals surface area contributed by atoms with E-state index in [-0.39, 0.29) is 0 Å². The summed E-state index contributed by atoms with van der Waals surface area (Å²) in [6.45, 7) is 4.22. The van der Waals surface area contributed by atoms with E-state index in [1.165, 1.54) is 6.42 Å². The number of rotatable bonds is 4. The van der Waals surface area contributed by atoms with E-state index in [4.69, 9.17) is 9.84 Å².